The molecule has 0 heterocycles. The molecular formula is C13H20O3P+. The Kier molecular flexibility index (Phi) is 10.5. The van der Waals surface area contributed by atoms with E-state index in [0.717, 1.165) is 24.8 Å². The number of hydrogen-bond acceptors (Lipinski definition) is 3. The second-order valence-corrected chi connectivity index (χ2v) is 3.59. The third kappa shape index (κ3) is 8.58. The number of ether oxygens (including phenoxy) is 1. The van der Waals surface area contributed by atoms with Gasteiger partial charge < -0.3 is 4.74 Å². The minimum atomic E-state index is -0.127. The van der Waals surface area contributed by atoms with Crippen LogP contribution in [0.25, 0.3) is 0 Å². The molecule has 0 bridgehead atoms. The van der Waals surface area contributed by atoms with Gasteiger partial charge in [0.15, 0.2) is 0 Å². The van der Waals surface area contributed by atoms with Crippen molar-refractivity contribution >= 4 is 15.1 Å². The van der Waals surface area contributed by atoms with Crippen molar-refractivity contribution in [3.05, 3.63) is 35.9 Å². The second kappa shape index (κ2) is 11.3. The molecule has 0 saturated carbocycles. The molecule has 3 nitrogen and oxygen atoms in total. The Morgan fingerprint density at radius 2 is 1.82 bits per heavy atom. The molecule has 1 aromatic rings. The lowest BCUT2D eigenvalue weighted by Crippen LogP contribution is -2.08. The van der Waals surface area contributed by atoms with Gasteiger partial charge in [-0.25, -0.2) is 0 Å². The lowest BCUT2D eigenvalue weighted by molar-refractivity contribution is -0.142. The van der Waals surface area contributed by atoms with Gasteiger partial charge in [0.05, 0.1) is 13.0 Å². The first-order valence-corrected chi connectivity index (χ1v) is 6.23. The summed E-state index contributed by atoms with van der Waals surface area (Å²) in [5, 5.41) is 0. The lowest BCUT2D eigenvalue weighted by Gasteiger charge is -2.03. The van der Waals surface area contributed by atoms with Crippen LogP contribution in [0, 0.1) is 0 Å². The first-order valence-electron chi connectivity index (χ1n) is 5.76. The van der Waals surface area contributed by atoms with Crippen LogP contribution in [0.1, 0.15) is 31.7 Å². The van der Waals surface area contributed by atoms with E-state index in [2.05, 4.69) is 6.92 Å². The smallest absolute Gasteiger partial charge is 0.310 e. The fraction of sp³-hybridized carbons (Fsp3) is 0.462. The first-order chi connectivity index (χ1) is 8.33. The summed E-state index contributed by atoms with van der Waals surface area (Å²) in [5.74, 6) is -0.127. The standard InChI is InChI=1S/C13H18O2.H2OP/c1-2-3-7-10-15-13(14)11-12-8-5-4-6-9-12;1-2/h4-6,8-9H,2-3,7,10-11H2,1H3;2H2/q;+1. The molecule has 1 rings (SSSR count). The highest BCUT2D eigenvalue weighted by Gasteiger charge is 2.03. The Morgan fingerprint density at radius 1 is 1.18 bits per heavy atom. The van der Waals surface area contributed by atoms with Gasteiger partial charge in [0.2, 0.25) is 0 Å². The predicted molar refractivity (Wildman–Crippen MR) is 71.0 cm³/mol. The van der Waals surface area contributed by atoms with Crippen LogP contribution in [0.3, 0.4) is 0 Å². The van der Waals surface area contributed by atoms with Crippen LogP contribution < -0.4 is 0 Å². The highest BCUT2D eigenvalue weighted by atomic mass is 31.0. The van der Waals surface area contributed by atoms with Crippen LogP contribution in [0.4, 0.5) is 0 Å². The van der Waals surface area contributed by atoms with E-state index in [1.807, 2.05) is 30.3 Å². The topological polar surface area (TPSA) is 43.4 Å². The molecule has 4 heteroatoms. The van der Waals surface area contributed by atoms with Crippen molar-refractivity contribution in [2.24, 2.45) is 0 Å². The molecule has 0 aromatic heterocycles. The molecule has 0 aliphatic heterocycles. The van der Waals surface area contributed by atoms with Crippen LogP contribution in [0.5, 0.6) is 0 Å². The number of carbonyl (C=O) groups is 1. The summed E-state index contributed by atoms with van der Waals surface area (Å²) in [6.07, 6.45) is 3.62. The van der Waals surface area contributed by atoms with E-state index in [0.29, 0.717) is 13.0 Å². The number of rotatable bonds is 6. The molecule has 0 spiro atoms. The zero-order valence-corrected chi connectivity index (χ0v) is 11.4. The quantitative estimate of drug-likeness (QED) is 0.445. The summed E-state index contributed by atoms with van der Waals surface area (Å²) < 4.78 is 13.3. The number of hydrogen-bond donors (Lipinski definition) is 0. The fourth-order valence-electron chi connectivity index (χ4n) is 1.35. The van der Waals surface area contributed by atoms with Crippen molar-refractivity contribution < 1.29 is 14.1 Å². The molecule has 1 unspecified atom stereocenters. The molecule has 94 valence electrons. The molecule has 0 aliphatic carbocycles. The number of carbonyl (C=O) groups excluding carboxylic acids is 1. The maximum Gasteiger partial charge on any atom is 0.310 e. The molecule has 0 N–H and O–H groups in total. The van der Waals surface area contributed by atoms with Gasteiger partial charge in [-0.1, -0.05) is 54.7 Å². The SMILES string of the molecule is CCCCCOC(=O)Cc1ccccc1.O=[PH2+]. The van der Waals surface area contributed by atoms with E-state index >= 15 is 0 Å². The lowest BCUT2D eigenvalue weighted by atomic mass is 10.2. The van der Waals surface area contributed by atoms with E-state index in [1.165, 1.54) is 9.12 Å². The van der Waals surface area contributed by atoms with Crippen molar-refractivity contribution in [3.8, 4) is 0 Å². The third-order valence-electron chi connectivity index (χ3n) is 2.20. The second-order valence-electron chi connectivity index (χ2n) is 3.59. The Hall–Kier alpha value is -1.21. The van der Waals surface area contributed by atoms with Gasteiger partial charge >= 0.3 is 15.1 Å². The fourth-order valence-corrected chi connectivity index (χ4v) is 1.35. The molecule has 0 saturated heterocycles. The molecular weight excluding hydrogens is 235 g/mol. The molecule has 0 radical (unpaired) electrons. The van der Waals surface area contributed by atoms with Gasteiger partial charge in [0.1, 0.15) is 0 Å². The maximum absolute atomic E-state index is 11.4. The van der Waals surface area contributed by atoms with Gasteiger partial charge in [-0.15, -0.1) is 0 Å². The van der Waals surface area contributed by atoms with Crippen LogP contribution in [0.2, 0.25) is 0 Å². The molecule has 0 aliphatic rings. The van der Waals surface area contributed by atoms with Crippen LogP contribution in [-0.4, -0.2) is 12.6 Å². The summed E-state index contributed by atoms with van der Waals surface area (Å²) in [5.41, 5.74) is 1.01. The zero-order valence-electron chi connectivity index (χ0n) is 10.2. The van der Waals surface area contributed by atoms with Gasteiger partial charge in [-0.2, -0.15) is 0 Å². The van der Waals surface area contributed by atoms with Crippen LogP contribution in [-0.2, 0) is 20.5 Å². The molecule has 1 atom stereocenters. The molecule has 1 aromatic carbocycles. The number of unbranched alkanes of at least 4 members (excludes halogenated alkanes) is 2. The van der Waals surface area contributed by atoms with Gasteiger partial charge in [-0.05, 0) is 12.0 Å². The van der Waals surface area contributed by atoms with E-state index in [1.54, 1.807) is 0 Å². The average molecular weight is 255 g/mol. The highest BCUT2D eigenvalue weighted by molar-refractivity contribution is 7.00. The summed E-state index contributed by atoms with van der Waals surface area (Å²) in [4.78, 5) is 11.4. The van der Waals surface area contributed by atoms with E-state index in [9.17, 15) is 4.79 Å². The molecule has 17 heavy (non-hydrogen) atoms. The van der Waals surface area contributed by atoms with Crippen molar-refractivity contribution in [1.29, 1.82) is 0 Å². The van der Waals surface area contributed by atoms with E-state index < -0.39 is 0 Å². The van der Waals surface area contributed by atoms with Crippen LogP contribution in [0.15, 0.2) is 30.3 Å². The van der Waals surface area contributed by atoms with Gasteiger partial charge in [0.25, 0.3) is 0 Å². The van der Waals surface area contributed by atoms with Gasteiger partial charge in [0, 0.05) is 0 Å². The summed E-state index contributed by atoms with van der Waals surface area (Å²) in [7, 11) is 1.17. The zero-order chi connectivity index (χ0) is 12.9. The minimum Gasteiger partial charge on any atom is -0.465 e. The third-order valence-corrected chi connectivity index (χ3v) is 2.20. The normalized spacial score (nSPS) is 9.00. The van der Waals surface area contributed by atoms with E-state index in [-0.39, 0.29) is 5.97 Å². The number of benzene rings is 1. The summed E-state index contributed by atoms with van der Waals surface area (Å²) in [6.45, 7) is 2.69. The van der Waals surface area contributed by atoms with Crippen molar-refractivity contribution in [2.45, 2.75) is 32.6 Å². The van der Waals surface area contributed by atoms with E-state index in [4.69, 9.17) is 9.30 Å². The van der Waals surface area contributed by atoms with Crippen LogP contribution >= 0.6 is 9.12 Å². The largest absolute Gasteiger partial charge is 0.465 e. The molecule has 0 amide bonds. The van der Waals surface area contributed by atoms with Crippen molar-refractivity contribution in [3.63, 3.8) is 0 Å². The monoisotopic (exact) mass is 255 g/mol. The summed E-state index contributed by atoms with van der Waals surface area (Å²) in [6, 6.07) is 9.68. The number of esters is 1. The van der Waals surface area contributed by atoms with Crippen molar-refractivity contribution in [1.82, 2.24) is 0 Å². The van der Waals surface area contributed by atoms with Gasteiger partial charge in [-0.3, -0.25) is 4.79 Å². The van der Waals surface area contributed by atoms with Crippen molar-refractivity contribution in [2.75, 3.05) is 6.61 Å². The molecule has 0 fully saturated rings. The Balaban J connectivity index is 0.00000121. The first kappa shape index (κ1) is 15.8. The predicted octanol–water partition coefficient (Wildman–Crippen LogP) is 3.17. The highest BCUT2D eigenvalue weighted by Crippen LogP contribution is 2.01. The average Bonchev–Trinajstić information content (AvgIpc) is 2.38. The Labute approximate surface area is 105 Å². The summed E-state index contributed by atoms with van der Waals surface area (Å²) >= 11 is 0. The minimum absolute atomic E-state index is 0.127. The Morgan fingerprint density at radius 3 is 2.41 bits per heavy atom. The Bertz CT molecular complexity index is 301. The maximum atomic E-state index is 11.4.